The van der Waals surface area contributed by atoms with Gasteiger partial charge < -0.3 is 9.47 Å². The number of hydrogen-bond acceptors (Lipinski definition) is 5. The maximum absolute atomic E-state index is 12.6. The van der Waals surface area contributed by atoms with Gasteiger partial charge in [-0.3, -0.25) is 14.1 Å². The summed E-state index contributed by atoms with van der Waals surface area (Å²) in [6.45, 7) is -0.580. The zero-order valence-corrected chi connectivity index (χ0v) is 10.2. The summed E-state index contributed by atoms with van der Waals surface area (Å²) in [5.41, 5.74) is -2.14. The Labute approximate surface area is 106 Å². The fraction of sp³-hybridized carbons (Fsp3) is 0.625. The van der Waals surface area contributed by atoms with Gasteiger partial charge in [0.1, 0.15) is 13.2 Å². The summed E-state index contributed by atoms with van der Waals surface area (Å²) in [5, 5.41) is 0. The highest BCUT2D eigenvalue weighted by atomic mass is 31.1. The molecule has 2 fully saturated rings. The first-order valence-electron chi connectivity index (χ1n) is 5.12. The first-order valence-corrected chi connectivity index (χ1v) is 6.37. The maximum Gasteiger partial charge on any atom is 0.458 e. The summed E-state index contributed by atoms with van der Waals surface area (Å²) in [6, 6.07) is 0. The van der Waals surface area contributed by atoms with Crippen LogP contribution in [0, 0.1) is 0 Å². The number of halogens is 3. The van der Waals surface area contributed by atoms with Gasteiger partial charge in [-0.05, 0) is 0 Å². The topological polar surface area (TPSA) is 76.2 Å². The van der Waals surface area contributed by atoms with Crippen molar-refractivity contribution < 1.29 is 37.0 Å². The van der Waals surface area contributed by atoms with Gasteiger partial charge in [0.25, 0.3) is 5.52 Å². The first kappa shape index (κ1) is 13.9. The van der Waals surface area contributed by atoms with Gasteiger partial charge in [-0.1, -0.05) is 0 Å². The number of carbonyl (C=O) groups excluding carboxylic acids is 3. The first-order chi connectivity index (χ1) is 8.82. The molecule has 0 N–H and O–H groups in total. The van der Waals surface area contributed by atoms with Gasteiger partial charge >= 0.3 is 18.4 Å². The molecule has 0 aromatic heterocycles. The lowest BCUT2D eigenvalue weighted by Gasteiger charge is -2.29. The molecule has 2 aliphatic heterocycles. The third-order valence-corrected chi connectivity index (χ3v) is 4.62. The largest absolute Gasteiger partial charge is 0.458 e. The van der Waals surface area contributed by atoms with Crippen LogP contribution in [0.2, 0.25) is 0 Å². The molecule has 0 radical (unpaired) electrons. The molecule has 0 unspecified atom stereocenters. The molecular formula is C8H8F3N2O5P. The molecule has 106 valence electrons. The quantitative estimate of drug-likeness (QED) is 0.734. The summed E-state index contributed by atoms with van der Waals surface area (Å²) in [6.07, 6.45) is -7.22. The Kier molecular flexibility index (Phi) is 3.53. The average molecular weight is 300 g/mol. The van der Waals surface area contributed by atoms with Crippen molar-refractivity contribution in [1.82, 2.24) is 9.34 Å². The highest BCUT2D eigenvalue weighted by Gasteiger charge is 2.53. The van der Waals surface area contributed by atoms with Crippen molar-refractivity contribution >= 4 is 25.9 Å². The van der Waals surface area contributed by atoms with E-state index < -0.39 is 32.1 Å². The fourth-order valence-electron chi connectivity index (χ4n) is 1.58. The van der Waals surface area contributed by atoms with E-state index in [0.29, 0.717) is 9.34 Å². The van der Waals surface area contributed by atoms with Crippen LogP contribution in [-0.4, -0.2) is 59.5 Å². The molecule has 0 spiro atoms. The molecule has 2 aliphatic rings. The molecule has 0 atom stereocenters. The van der Waals surface area contributed by atoms with Crippen molar-refractivity contribution in [3.63, 3.8) is 0 Å². The van der Waals surface area contributed by atoms with Crippen LogP contribution in [0.25, 0.3) is 0 Å². The normalized spacial score (nSPS) is 20.0. The fourth-order valence-corrected chi connectivity index (χ4v) is 3.47. The Morgan fingerprint density at radius 3 is 1.74 bits per heavy atom. The maximum atomic E-state index is 12.6. The van der Waals surface area contributed by atoms with E-state index in [4.69, 9.17) is 0 Å². The molecule has 2 amide bonds. The molecule has 0 aromatic rings. The van der Waals surface area contributed by atoms with E-state index in [9.17, 15) is 27.6 Å². The van der Waals surface area contributed by atoms with Crippen LogP contribution in [0.3, 0.4) is 0 Å². The zero-order valence-electron chi connectivity index (χ0n) is 9.35. The van der Waals surface area contributed by atoms with Crippen molar-refractivity contribution in [1.29, 1.82) is 0 Å². The lowest BCUT2D eigenvalue weighted by molar-refractivity contribution is -0.161. The van der Waals surface area contributed by atoms with E-state index in [-0.39, 0.29) is 26.3 Å². The number of ether oxygens (including phenoxy) is 2. The minimum atomic E-state index is -5.14. The van der Waals surface area contributed by atoms with Gasteiger partial charge in [0.15, 0.2) is 8.22 Å². The third kappa shape index (κ3) is 2.58. The Hall–Kier alpha value is -1.57. The zero-order chi connectivity index (χ0) is 14.2. The van der Waals surface area contributed by atoms with Crippen LogP contribution in [0.5, 0.6) is 0 Å². The van der Waals surface area contributed by atoms with Gasteiger partial charge in [-0.15, -0.1) is 0 Å². The van der Waals surface area contributed by atoms with E-state index >= 15 is 0 Å². The van der Waals surface area contributed by atoms with Gasteiger partial charge in [0, 0.05) is 0 Å². The predicted octanol–water partition coefficient (Wildman–Crippen LogP) is 1.29. The van der Waals surface area contributed by atoms with E-state index in [1.54, 1.807) is 0 Å². The average Bonchev–Trinajstić information content (AvgIpc) is 2.89. The van der Waals surface area contributed by atoms with Crippen LogP contribution in [0.15, 0.2) is 0 Å². The van der Waals surface area contributed by atoms with Gasteiger partial charge in [-0.25, -0.2) is 9.59 Å². The lowest BCUT2D eigenvalue weighted by Crippen LogP contribution is -2.38. The SMILES string of the molecule is O=C1OCCN1P(C(=O)C(F)(F)F)N1CCOC1=O. The number of nitrogens with zero attached hydrogens (tertiary/aromatic N) is 2. The van der Waals surface area contributed by atoms with Crippen LogP contribution >= 0.6 is 8.22 Å². The van der Waals surface area contributed by atoms with Gasteiger partial charge in [-0.2, -0.15) is 13.2 Å². The van der Waals surface area contributed by atoms with Crippen LogP contribution < -0.4 is 0 Å². The van der Waals surface area contributed by atoms with Gasteiger partial charge in [0.05, 0.1) is 13.1 Å². The number of rotatable bonds is 3. The van der Waals surface area contributed by atoms with Crippen LogP contribution in [0.4, 0.5) is 22.8 Å². The summed E-state index contributed by atoms with van der Waals surface area (Å²) in [4.78, 5) is 34.1. The Morgan fingerprint density at radius 1 is 1.05 bits per heavy atom. The minimum Gasteiger partial charge on any atom is -0.447 e. The Balaban J connectivity index is 2.30. The second kappa shape index (κ2) is 4.84. The van der Waals surface area contributed by atoms with Crippen molar-refractivity contribution in [2.24, 2.45) is 0 Å². The summed E-state index contributed by atoms with van der Waals surface area (Å²) in [5.74, 6) is 0. The van der Waals surface area contributed by atoms with Gasteiger partial charge in [0.2, 0.25) is 0 Å². The van der Waals surface area contributed by atoms with E-state index in [2.05, 4.69) is 9.47 Å². The van der Waals surface area contributed by atoms with Crippen molar-refractivity contribution in [3.8, 4) is 0 Å². The van der Waals surface area contributed by atoms with Crippen molar-refractivity contribution in [2.45, 2.75) is 6.18 Å². The monoisotopic (exact) mass is 300 g/mol. The van der Waals surface area contributed by atoms with E-state index in [0.717, 1.165) is 0 Å². The molecule has 0 aromatic carbocycles. The highest BCUT2D eigenvalue weighted by molar-refractivity contribution is 7.72. The molecule has 11 heteroatoms. The van der Waals surface area contributed by atoms with Crippen molar-refractivity contribution in [3.05, 3.63) is 0 Å². The van der Waals surface area contributed by atoms with E-state index in [1.807, 2.05) is 0 Å². The number of cyclic esters (lactones) is 2. The summed E-state index contributed by atoms with van der Waals surface area (Å²) >= 11 is 0. The molecule has 7 nitrogen and oxygen atoms in total. The summed E-state index contributed by atoms with van der Waals surface area (Å²) in [7, 11) is -2.84. The smallest absolute Gasteiger partial charge is 0.447 e. The van der Waals surface area contributed by atoms with Crippen LogP contribution in [-0.2, 0) is 14.3 Å². The highest BCUT2D eigenvalue weighted by Crippen LogP contribution is 2.52. The third-order valence-electron chi connectivity index (χ3n) is 2.36. The summed E-state index contributed by atoms with van der Waals surface area (Å²) < 4.78 is 48.0. The molecular weight excluding hydrogens is 292 g/mol. The molecule has 2 saturated heterocycles. The number of amides is 2. The molecule has 0 aliphatic carbocycles. The molecule has 0 saturated carbocycles. The second-order valence-electron chi connectivity index (χ2n) is 3.57. The van der Waals surface area contributed by atoms with Crippen molar-refractivity contribution in [2.75, 3.05) is 26.3 Å². The molecule has 2 heterocycles. The number of hydrogen-bond donors (Lipinski definition) is 0. The molecule has 19 heavy (non-hydrogen) atoms. The standard InChI is InChI=1S/C8H8F3N2O5P/c9-8(10,11)5(14)19(12-1-3-17-6(12)15)13-2-4-18-7(13)16/h1-4H2. The lowest BCUT2D eigenvalue weighted by atomic mass is 10.7. The Bertz CT molecular complexity index is 403. The minimum absolute atomic E-state index is 0.119. The van der Waals surface area contributed by atoms with Crippen LogP contribution in [0.1, 0.15) is 0 Å². The number of carbonyl (C=O) groups is 3. The predicted molar refractivity (Wildman–Crippen MR) is 54.1 cm³/mol. The Morgan fingerprint density at radius 2 is 1.47 bits per heavy atom. The number of alkyl halides is 3. The molecule has 2 rings (SSSR count). The second-order valence-corrected chi connectivity index (χ2v) is 5.52. The molecule has 0 bridgehead atoms. The van der Waals surface area contributed by atoms with E-state index in [1.165, 1.54) is 0 Å².